The predicted octanol–water partition coefficient (Wildman–Crippen LogP) is 4.46. The van der Waals surface area contributed by atoms with Gasteiger partial charge in [0.1, 0.15) is 0 Å². The first-order valence-corrected chi connectivity index (χ1v) is 9.34. The van der Waals surface area contributed by atoms with Crippen molar-refractivity contribution >= 4 is 0 Å². The first kappa shape index (κ1) is 17.3. The number of hydrogen-bond donors (Lipinski definition) is 1. The van der Waals surface area contributed by atoms with Gasteiger partial charge < -0.3 is 10.0 Å². The highest BCUT2D eigenvalue weighted by Gasteiger charge is 2.36. The van der Waals surface area contributed by atoms with E-state index in [0.29, 0.717) is 11.3 Å². The summed E-state index contributed by atoms with van der Waals surface area (Å²) in [5, 5.41) is 10.5. The van der Waals surface area contributed by atoms with E-state index in [1.807, 2.05) is 0 Å². The average molecular weight is 296 g/mol. The maximum Gasteiger partial charge on any atom is 0.0580 e. The van der Waals surface area contributed by atoms with Gasteiger partial charge in [0.2, 0.25) is 0 Å². The van der Waals surface area contributed by atoms with E-state index in [4.69, 9.17) is 0 Å². The van der Waals surface area contributed by atoms with Gasteiger partial charge in [-0.05, 0) is 55.9 Å². The van der Waals surface area contributed by atoms with Gasteiger partial charge in [-0.15, -0.1) is 0 Å². The van der Waals surface area contributed by atoms with E-state index in [1.54, 1.807) is 0 Å². The highest BCUT2D eigenvalue weighted by molar-refractivity contribution is 4.88. The molecule has 0 aromatic carbocycles. The van der Waals surface area contributed by atoms with Crippen molar-refractivity contribution in [1.29, 1.82) is 0 Å². The SMILES string of the molecule is CCN(CC1CC(C(C)(C)C)CCC1O)C1CCCCC1. The number of aliphatic hydroxyl groups excluding tert-OH is 1. The molecule has 0 bridgehead atoms. The van der Waals surface area contributed by atoms with Crippen molar-refractivity contribution in [1.82, 2.24) is 4.90 Å². The van der Waals surface area contributed by atoms with Gasteiger partial charge in [-0.1, -0.05) is 47.0 Å². The van der Waals surface area contributed by atoms with Gasteiger partial charge in [0.15, 0.2) is 0 Å². The molecule has 21 heavy (non-hydrogen) atoms. The minimum absolute atomic E-state index is 0.0683. The Labute approximate surface area is 132 Å². The van der Waals surface area contributed by atoms with Gasteiger partial charge in [0.05, 0.1) is 6.10 Å². The zero-order valence-corrected chi connectivity index (χ0v) is 14.8. The van der Waals surface area contributed by atoms with E-state index < -0.39 is 0 Å². The molecule has 1 N–H and O–H groups in total. The highest BCUT2D eigenvalue weighted by atomic mass is 16.3. The molecule has 2 heteroatoms. The van der Waals surface area contributed by atoms with Crippen molar-refractivity contribution in [2.75, 3.05) is 13.1 Å². The smallest absolute Gasteiger partial charge is 0.0580 e. The van der Waals surface area contributed by atoms with E-state index in [2.05, 4.69) is 32.6 Å². The quantitative estimate of drug-likeness (QED) is 0.827. The Morgan fingerprint density at radius 1 is 1.00 bits per heavy atom. The van der Waals surface area contributed by atoms with Gasteiger partial charge in [0, 0.05) is 12.6 Å². The monoisotopic (exact) mass is 295 g/mol. The molecule has 2 rings (SSSR count). The van der Waals surface area contributed by atoms with Crippen LogP contribution in [0.15, 0.2) is 0 Å². The van der Waals surface area contributed by atoms with Crippen molar-refractivity contribution < 1.29 is 5.11 Å². The molecule has 3 atom stereocenters. The van der Waals surface area contributed by atoms with E-state index >= 15 is 0 Å². The van der Waals surface area contributed by atoms with Crippen molar-refractivity contribution in [2.45, 2.75) is 91.2 Å². The summed E-state index contributed by atoms with van der Waals surface area (Å²) in [6, 6.07) is 0.783. The van der Waals surface area contributed by atoms with Gasteiger partial charge in [0.25, 0.3) is 0 Å². The third-order valence-corrected chi connectivity index (χ3v) is 6.13. The largest absolute Gasteiger partial charge is 0.393 e. The second-order valence-electron chi connectivity index (χ2n) is 8.58. The summed E-state index contributed by atoms with van der Waals surface area (Å²) < 4.78 is 0. The van der Waals surface area contributed by atoms with Crippen molar-refractivity contribution in [3.63, 3.8) is 0 Å². The summed E-state index contributed by atoms with van der Waals surface area (Å²) in [5.41, 5.74) is 0.389. The van der Waals surface area contributed by atoms with Crippen LogP contribution in [0.1, 0.15) is 79.1 Å². The van der Waals surface area contributed by atoms with Gasteiger partial charge in [-0.3, -0.25) is 0 Å². The Morgan fingerprint density at radius 2 is 1.67 bits per heavy atom. The first-order valence-electron chi connectivity index (χ1n) is 9.34. The summed E-state index contributed by atoms with van der Waals surface area (Å²) in [7, 11) is 0. The van der Waals surface area contributed by atoms with Crippen LogP contribution < -0.4 is 0 Å². The Hall–Kier alpha value is -0.0800. The van der Waals surface area contributed by atoms with Crippen molar-refractivity contribution in [3.05, 3.63) is 0 Å². The summed E-state index contributed by atoms with van der Waals surface area (Å²) in [5.74, 6) is 1.26. The summed E-state index contributed by atoms with van der Waals surface area (Å²) >= 11 is 0. The lowest BCUT2D eigenvalue weighted by Crippen LogP contribution is -2.45. The highest BCUT2D eigenvalue weighted by Crippen LogP contribution is 2.41. The molecule has 124 valence electrons. The normalized spacial score (nSPS) is 32.6. The zero-order valence-electron chi connectivity index (χ0n) is 14.8. The molecular weight excluding hydrogens is 258 g/mol. The Bertz CT molecular complexity index is 303. The van der Waals surface area contributed by atoms with Crippen LogP contribution in [0, 0.1) is 17.3 Å². The van der Waals surface area contributed by atoms with Crippen LogP contribution in [0.3, 0.4) is 0 Å². The molecule has 0 aromatic heterocycles. The lowest BCUT2D eigenvalue weighted by molar-refractivity contribution is -0.00513. The minimum atomic E-state index is -0.0683. The molecule has 2 saturated carbocycles. The van der Waals surface area contributed by atoms with E-state index in [-0.39, 0.29) is 6.10 Å². The van der Waals surface area contributed by atoms with E-state index in [0.717, 1.165) is 31.5 Å². The Morgan fingerprint density at radius 3 is 2.24 bits per heavy atom. The summed E-state index contributed by atoms with van der Waals surface area (Å²) in [6.45, 7) is 11.7. The summed E-state index contributed by atoms with van der Waals surface area (Å²) in [4.78, 5) is 2.68. The van der Waals surface area contributed by atoms with Crippen LogP contribution >= 0.6 is 0 Å². The Balaban J connectivity index is 1.94. The molecule has 2 fully saturated rings. The Kier molecular flexibility index (Phi) is 6.14. The molecule has 0 radical (unpaired) electrons. The predicted molar refractivity (Wildman–Crippen MR) is 90.4 cm³/mol. The maximum atomic E-state index is 10.5. The average Bonchev–Trinajstić information content (AvgIpc) is 2.46. The fraction of sp³-hybridized carbons (Fsp3) is 1.00. The van der Waals surface area contributed by atoms with Crippen molar-refractivity contribution in [2.24, 2.45) is 17.3 Å². The fourth-order valence-corrected chi connectivity index (χ4v) is 4.51. The molecular formula is C19H37NO. The van der Waals surface area contributed by atoms with Crippen LogP contribution in [0.5, 0.6) is 0 Å². The molecule has 0 saturated heterocycles. The van der Waals surface area contributed by atoms with Crippen LogP contribution in [0.25, 0.3) is 0 Å². The van der Waals surface area contributed by atoms with E-state index in [1.165, 1.54) is 44.9 Å². The number of hydrogen-bond acceptors (Lipinski definition) is 2. The molecule has 0 aromatic rings. The third-order valence-electron chi connectivity index (χ3n) is 6.13. The molecule has 0 aliphatic heterocycles. The number of aliphatic hydroxyl groups is 1. The van der Waals surface area contributed by atoms with Gasteiger partial charge in [-0.25, -0.2) is 0 Å². The molecule has 0 amide bonds. The second kappa shape index (κ2) is 7.46. The van der Waals surface area contributed by atoms with Crippen LogP contribution in [0.2, 0.25) is 0 Å². The zero-order chi connectivity index (χ0) is 15.5. The van der Waals surface area contributed by atoms with Gasteiger partial charge >= 0.3 is 0 Å². The topological polar surface area (TPSA) is 23.5 Å². The molecule has 0 spiro atoms. The standard InChI is InChI=1S/C19H37NO/c1-5-20(17-9-7-6-8-10-17)14-15-13-16(19(2,3)4)11-12-18(15)21/h15-18,21H,5-14H2,1-4H3. The third kappa shape index (κ3) is 4.69. The first-order chi connectivity index (χ1) is 9.91. The number of rotatable bonds is 4. The molecule has 2 aliphatic rings. The molecule has 2 aliphatic carbocycles. The summed E-state index contributed by atoms with van der Waals surface area (Å²) in [6.07, 6.45) is 10.3. The lowest BCUT2D eigenvalue weighted by Gasteiger charge is -2.43. The second-order valence-corrected chi connectivity index (χ2v) is 8.58. The van der Waals surface area contributed by atoms with Crippen LogP contribution in [-0.4, -0.2) is 35.2 Å². The minimum Gasteiger partial charge on any atom is -0.393 e. The van der Waals surface area contributed by atoms with Gasteiger partial charge in [-0.2, -0.15) is 0 Å². The van der Waals surface area contributed by atoms with E-state index in [9.17, 15) is 5.11 Å². The fourth-order valence-electron chi connectivity index (χ4n) is 4.51. The van der Waals surface area contributed by atoms with Crippen LogP contribution in [0.4, 0.5) is 0 Å². The maximum absolute atomic E-state index is 10.5. The lowest BCUT2D eigenvalue weighted by atomic mass is 9.68. The van der Waals surface area contributed by atoms with Crippen LogP contribution in [-0.2, 0) is 0 Å². The molecule has 3 unspecified atom stereocenters. The van der Waals surface area contributed by atoms with Crippen molar-refractivity contribution in [3.8, 4) is 0 Å². The molecule has 0 heterocycles. The number of nitrogens with zero attached hydrogens (tertiary/aromatic N) is 1. The molecule has 2 nitrogen and oxygen atoms in total.